The number of hydrogen-bond acceptors (Lipinski definition) is 0. The van der Waals surface area contributed by atoms with E-state index in [4.69, 9.17) is 0 Å². The van der Waals surface area contributed by atoms with Crippen LogP contribution in [0, 0.1) is 0 Å². The Morgan fingerprint density at radius 3 is 1.00 bits per heavy atom. The molecule has 0 radical (unpaired) electrons. The van der Waals surface area contributed by atoms with E-state index in [0.29, 0.717) is 0 Å². The van der Waals surface area contributed by atoms with Crippen LogP contribution < -0.4 is 0 Å². The van der Waals surface area contributed by atoms with E-state index in [0.717, 1.165) is 0 Å². The van der Waals surface area contributed by atoms with Crippen molar-refractivity contribution in [2.24, 2.45) is 0 Å². The monoisotopic (exact) mass is 258 g/mol. The SMILES string of the molecule is C.[AlH3].[Hf].[SiH4]. The first-order chi connectivity index (χ1) is 0. The van der Waals surface area contributed by atoms with Gasteiger partial charge in [-0.1, -0.05) is 7.43 Å². The van der Waals surface area contributed by atoms with Gasteiger partial charge in [0.2, 0.25) is 0 Å². The first-order valence-electron chi connectivity index (χ1n) is 0. The standard InChI is InChI=1S/CH4.Al.Hf.H4Si.3H/h1H4;;;1H4;;;. The molecule has 3 heteroatoms. The molecule has 0 spiro atoms. The third-order valence-electron chi connectivity index (χ3n) is 0. The summed E-state index contributed by atoms with van der Waals surface area (Å²) in [5, 5.41) is 0. The Morgan fingerprint density at radius 2 is 1.00 bits per heavy atom. The zero-order chi connectivity index (χ0) is 0. The molecule has 0 saturated carbocycles. The van der Waals surface area contributed by atoms with Crippen LogP contribution in [-0.2, 0) is 25.8 Å². The predicted molar refractivity (Wildman–Crippen MR) is 28.0 cm³/mol. The molecule has 0 fully saturated rings. The van der Waals surface area contributed by atoms with Crippen LogP contribution in [0.4, 0.5) is 0 Å². The number of hydrogen-bond donors (Lipinski definition) is 0. The normalized spacial score (nSPS) is 0. The van der Waals surface area contributed by atoms with Crippen molar-refractivity contribution < 1.29 is 25.8 Å². The fraction of sp³-hybridized carbons (Fsp3) is 1.00. The summed E-state index contributed by atoms with van der Waals surface area (Å²) in [7, 11) is 0. The predicted octanol–water partition coefficient (Wildman–Crippen LogP) is -2.00. The van der Waals surface area contributed by atoms with Crippen LogP contribution in [-0.4, -0.2) is 28.3 Å². The summed E-state index contributed by atoms with van der Waals surface area (Å²) in [6.45, 7) is 0. The van der Waals surface area contributed by atoms with Crippen LogP contribution in [0.15, 0.2) is 0 Å². The third-order valence-corrected chi connectivity index (χ3v) is 0. The molecule has 0 aromatic heterocycles. The van der Waals surface area contributed by atoms with Gasteiger partial charge in [0.15, 0.2) is 17.4 Å². The fourth-order valence-electron chi connectivity index (χ4n) is 0. The summed E-state index contributed by atoms with van der Waals surface area (Å²) in [5.74, 6) is 0. The first kappa shape index (κ1) is 45.7. The second-order valence-electron chi connectivity index (χ2n) is 0. The molecule has 0 saturated heterocycles. The maximum absolute atomic E-state index is 0. The van der Waals surface area contributed by atoms with E-state index in [1.807, 2.05) is 0 Å². The van der Waals surface area contributed by atoms with E-state index >= 15 is 0 Å². The molecule has 0 aliphatic heterocycles. The van der Waals surface area contributed by atoms with Crippen LogP contribution in [0.5, 0.6) is 0 Å². The first-order valence-corrected chi connectivity index (χ1v) is 0. The van der Waals surface area contributed by atoms with Crippen molar-refractivity contribution in [2.45, 2.75) is 7.43 Å². The maximum Gasteiger partial charge on any atom is 0.187 e. The van der Waals surface area contributed by atoms with Crippen LogP contribution in [0.2, 0.25) is 0 Å². The zero-order valence-electron chi connectivity index (χ0n) is 0.500. The van der Waals surface area contributed by atoms with Gasteiger partial charge in [0.25, 0.3) is 0 Å². The minimum atomic E-state index is 0. The average molecular weight is 257 g/mol. The Kier molecular flexibility index (Phi) is 264. The molecule has 0 N–H and O–H groups in total. The van der Waals surface area contributed by atoms with Gasteiger partial charge < -0.3 is 0 Å². The second kappa shape index (κ2) is 23.1. The molecule has 0 aromatic rings. The largest absolute Gasteiger partial charge is 0.187 e. The van der Waals surface area contributed by atoms with Crippen molar-refractivity contribution in [2.75, 3.05) is 0 Å². The molecule has 0 atom stereocenters. The van der Waals surface area contributed by atoms with E-state index in [2.05, 4.69) is 0 Å². The van der Waals surface area contributed by atoms with Crippen molar-refractivity contribution in [3.63, 3.8) is 0 Å². The molecule has 0 aliphatic carbocycles. The minimum Gasteiger partial charge on any atom is -0.0776 e. The number of rotatable bonds is 0. The van der Waals surface area contributed by atoms with Crippen molar-refractivity contribution in [3.8, 4) is 0 Å². The fourth-order valence-corrected chi connectivity index (χ4v) is 0. The Balaban J connectivity index is 0. The van der Waals surface area contributed by atoms with E-state index < -0.39 is 0 Å². The summed E-state index contributed by atoms with van der Waals surface area (Å²) >= 11 is 0. The summed E-state index contributed by atoms with van der Waals surface area (Å²) < 4.78 is 0. The Hall–Kier alpha value is 1.62. The molecule has 4 heavy (non-hydrogen) atoms. The van der Waals surface area contributed by atoms with Gasteiger partial charge in [-0.25, -0.2) is 0 Å². The van der Waals surface area contributed by atoms with E-state index in [9.17, 15) is 0 Å². The van der Waals surface area contributed by atoms with Crippen LogP contribution in [0.25, 0.3) is 0 Å². The van der Waals surface area contributed by atoms with Crippen LogP contribution in [0.1, 0.15) is 7.43 Å². The summed E-state index contributed by atoms with van der Waals surface area (Å²) in [5.41, 5.74) is 0. The van der Waals surface area contributed by atoms with Gasteiger partial charge >= 0.3 is 0 Å². The maximum atomic E-state index is 0. The molecular weight excluding hydrogens is 246 g/mol. The molecule has 0 amide bonds. The van der Waals surface area contributed by atoms with Crippen molar-refractivity contribution in [1.29, 1.82) is 0 Å². The van der Waals surface area contributed by atoms with Crippen molar-refractivity contribution in [1.82, 2.24) is 0 Å². The van der Waals surface area contributed by atoms with Gasteiger partial charge in [0, 0.05) is 25.8 Å². The van der Waals surface area contributed by atoms with E-state index in [1.165, 1.54) is 0 Å². The topological polar surface area (TPSA) is 0 Å². The molecule has 0 bridgehead atoms. The van der Waals surface area contributed by atoms with Crippen LogP contribution in [0.3, 0.4) is 0 Å². The molecule has 0 aliphatic rings. The molecule has 0 aromatic carbocycles. The third kappa shape index (κ3) is 9.47. The minimum absolute atomic E-state index is 0. The summed E-state index contributed by atoms with van der Waals surface area (Å²) in [6, 6.07) is 0. The van der Waals surface area contributed by atoms with Gasteiger partial charge in [0.05, 0.1) is 0 Å². The molecular formula is CH11AlHfSi. The summed E-state index contributed by atoms with van der Waals surface area (Å²) in [6.07, 6.45) is 0. The van der Waals surface area contributed by atoms with Gasteiger partial charge in [-0.3, -0.25) is 0 Å². The van der Waals surface area contributed by atoms with Gasteiger partial charge in [-0.2, -0.15) is 0 Å². The summed E-state index contributed by atoms with van der Waals surface area (Å²) in [4.78, 5) is 0. The quantitative estimate of drug-likeness (QED) is 0.440. The zero-order valence-corrected chi connectivity index (χ0v) is 4.09. The Morgan fingerprint density at radius 1 is 1.00 bits per heavy atom. The van der Waals surface area contributed by atoms with Gasteiger partial charge in [-0.05, 0) is 11.0 Å². The molecule has 0 nitrogen and oxygen atoms in total. The molecule has 0 rings (SSSR count). The van der Waals surface area contributed by atoms with E-state index in [-0.39, 0.29) is 61.6 Å². The Labute approximate surface area is 61.3 Å². The van der Waals surface area contributed by atoms with Crippen LogP contribution >= 0.6 is 0 Å². The second-order valence-corrected chi connectivity index (χ2v) is 0. The Bertz CT molecular complexity index is 8.00. The van der Waals surface area contributed by atoms with Crippen molar-refractivity contribution in [3.05, 3.63) is 0 Å². The van der Waals surface area contributed by atoms with Crippen molar-refractivity contribution >= 4 is 28.3 Å². The van der Waals surface area contributed by atoms with Gasteiger partial charge in [-0.15, -0.1) is 0 Å². The van der Waals surface area contributed by atoms with Gasteiger partial charge in [0.1, 0.15) is 0 Å². The molecule has 0 unspecified atom stereocenters. The van der Waals surface area contributed by atoms with E-state index in [1.54, 1.807) is 0 Å². The molecule has 0 heterocycles. The smallest absolute Gasteiger partial charge is 0.0776 e. The molecule has 26 valence electrons. The average Bonchev–Trinajstić information content (AvgIpc) is 0.